The Morgan fingerprint density at radius 1 is 1.24 bits per heavy atom. The summed E-state index contributed by atoms with van der Waals surface area (Å²) in [5.74, 6) is 0.0975. The summed E-state index contributed by atoms with van der Waals surface area (Å²) in [7, 11) is 0. The van der Waals surface area contributed by atoms with E-state index in [1.165, 1.54) is 10.4 Å². The van der Waals surface area contributed by atoms with Crippen LogP contribution in [0.1, 0.15) is 25.8 Å². The zero-order chi connectivity index (χ0) is 17.9. The maximum absolute atomic E-state index is 12.7. The van der Waals surface area contributed by atoms with Crippen LogP contribution in [0, 0.1) is 5.41 Å². The van der Waals surface area contributed by atoms with Gasteiger partial charge in [-0.1, -0.05) is 30.3 Å². The number of thiophene rings is 1. The summed E-state index contributed by atoms with van der Waals surface area (Å²) < 4.78 is 0. The van der Waals surface area contributed by atoms with Crippen LogP contribution in [0.15, 0.2) is 41.8 Å². The normalized spacial score (nSPS) is 19.8. The molecule has 0 unspecified atom stereocenters. The molecular weight excluding hydrogens is 332 g/mol. The standard InChI is InChI=1S/C20H24N2O2S/c1-3-21-19(24)20(10-11-22(14-20)15(2)23)13-16-6-8-17(9-7-16)18-5-4-12-25-18/h4-9,12H,3,10-11,13-14H2,1-2H3,(H,21,24)/t20-/m0/s1. The number of benzene rings is 1. The van der Waals surface area contributed by atoms with Gasteiger partial charge in [0.1, 0.15) is 0 Å². The minimum absolute atomic E-state index is 0.0409. The Bertz CT molecular complexity index is 740. The number of carbonyl (C=O) groups excluding carboxylic acids is 2. The number of rotatable bonds is 5. The van der Waals surface area contributed by atoms with Crippen molar-refractivity contribution in [2.45, 2.75) is 26.7 Å². The molecule has 0 bridgehead atoms. The molecular formula is C20H24N2O2S. The summed E-state index contributed by atoms with van der Waals surface area (Å²) >= 11 is 1.72. The molecule has 1 N–H and O–H groups in total. The van der Waals surface area contributed by atoms with Gasteiger partial charge in [-0.3, -0.25) is 9.59 Å². The highest BCUT2D eigenvalue weighted by atomic mass is 32.1. The molecule has 1 atom stereocenters. The zero-order valence-electron chi connectivity index (χ0n) is 14.7. The molecule has 1 aromatic heterocycles. The largest absolute Gasteiger partial charge is 0.356 e. The number of hydrogen-bond acceptors (Lipinski definition) is 3. The Kier molecular flexibility index (Phi) is 5.23. The van der Waals surface area contributed by atoms with Gasteiger partial charge in [-0.25, -0.2) is 0 Å². The first kappa shape index (κ1) is 17.7. The van der Waals surface area contributed by atoms with E-state index in [1.807, 2.05) is 13.0 Å². The Morgan fingerprint density at radius 3 is 2.56 bits per heavy atom. The van der Waals surface area contributed by atoms with E-state index < -0.39 is 5.41 Å². The average molecular weight is 356 g/mol. The van der Waals surface area contributed by atoms with Crippen molar-refractivity contribution in [3.8, 4) is 10.4 Å². The second kappa shape index (κ2) is 7.40. The van der Waals surface area contributed by atoms with Gasteiger partial charge in [-0.05, 0) is 42.3 Å². The molecule has 1 aliphatic rings. The molecule has 1 fully saturated rings. The van der Waals surface area contributed by atoms with Gasteiger partial charge in [0.05, 0.1) is 5.41 Å². The molecule has 2 amide bonds. The fraction of sp³-hybridized carbons (Fsp3) is 0.400. The van der Waals surface area contributed by atoms with E-state index in [0.29, 0.717) is 32.5 Å². The number of carbonyl (C=O) groups is 2. The van der Waals surface area contributed by atoms with E-state index in [9.17, 15) is 9.59 Å². The van der Waals surface area contributed by atoms with Crippen LogP contribution >= 0.6 is 11.3 Å². The van der Waals surface area contributed by atoms with Crippen molar-refractivity contribution in [2.75, 3.05) is 19.6 Å². The lowest BCUT2D eigenvalue weighted by Gasteiger charge is -2.28. The van der Waals surface area contributed by atoms with Gasteiger partial charge in [0.2, 0.25) is 11.8 Å². The van der Waals surface area contributed by atoms with E-state index in [0.717, 1.165) is 5.56 Å². The number of hydrogen-bond donors (Lipinski definition) is 1. The lowest BCUT2D eigenvalue weighted by Crippen LogP contribution is -2.45. The Balaban J connectivity index is 1.81. The van der Waals surface area contributed by atoms with Gasteiger partial charge in [-0.2, -0.15) is 0 Å². The lowest BCUT2D eigenvalue weighted by atomic mass is 9.79. The summed E-state index contributed by atoms with van der Waals surface area (Å²) in [4.78, 5) is 27.5. The van der Waals surface area contributed by atoms with Crippen LogP contribution in [0.3, 0.4) is 0 Å². The summed E-state index contributed by atoms with van der Waals surface area (Å²) in [6.45, 7) is 5.27. The summed E-state index contributed by atoms with van der Waals surface area (Å²) in [5.41, 5.74) is 1.81. The quantitative estimate of drug-likeness (QED) is 0.893. The van der Waals surface area contributed by atoms with E-state index >= 15 is 0 Å². The monoisotopic (exact) mass is 356 g/mol. The molecule has 2 heterocycles. The predicted molar refractivity (Wildman–Crippen MR) is 101 cm³/mol. The second-order valence-corrected chi connectivity index (χ2v) is 7.63. The molecule has 0 saturated carbocycles. The van der Waals surface area contributed by atoms with E-state index in [-0.39, 0.29) is 11.8 Å². The van der Waals surface area contributed by atoms with Crippen molar-refractivity contribution in [3.05, 3.63) is 47.3 Å². The molecule has 1 aromatic carbocycles. The molecule has 25 heavy (non-hydrogen) atoms. The van der Waals surface area contributed by atoms with Gasteiger partial charge in [0.25, 0.3) is 0 Å². The lowest BCUT2D eigenvalue weighted by molar-refractivity contribution is -0.132. The summed E-state index contributed by atoms with van der Waals surface area (Å²) in [6, 6.07) is 12.6. The SMILES string of the molecule is CCNC(=O)[C@]1(Cc2ccc(-c3cccs3)cc2)CCN(C(C)=O)C1. The van der Waals surface area contributed by atoms with Crippen molar-refractivity contribution < 1.29 is 9.59 Å². The topological polar surface area (TPSA) is 49.4 Å². The minimum atomic E-state index is -0.522. The number of nitrogens with zero attached hydrogens (tertiary/aromatic N) is 1. The third-order valence-electron chi connectivity index (χ3n) is 4.92. The Morgan fingerprint density at radius 2 is 2.00 bits per heavy atom. The predicted octanol–water partition coefficient (Wildman–Crippen LogP) is 3.33. The highest BCUT2D eigenvalue weighted by molar-refractivity contribution is 7.13. The van der Waals surface area contributed by atoms with Crippen molar-refractivity contribution in [1.29, 1.82) is 0 Å². The van der Waals surface area contributed by atoms with Crippen LogP contribution < -0.4 is 5.32 Å². The van der Waals surface area contributed by atoms with E-state index in [4.69, 9.17) is 0 Å². The molecule has 1 aliphatic heterocycles. The molecule has 0 radical (unpaired) electrons. The van der Waals surface area contributed by atoms with Crippen molar-refractivity contribution in [1.82, 2.24) is 10.2 Å². The molecule has 2 aromatic rings. The van der Waals surface area contributed by atoms with Crippen molar-refractivity contribution >= 4 is 23.2 Å². The van der Waals surface area contributed by atoms with Crippen LogP contribution in [0.5, 0.6) is 0 Å². The van der Waals surface area contributed by atoms with Crippen LogP contribution in [-0.2, 0) is 16.0 Å². The van der Waals surface area contributed by atoms with Crippen molar-refractivity contribution in [3.63, 3.8) is 0 Å². The molecule has 3 rings (SSSR count). The highest BCUT2D eigenvalue weighted by Crippen LogP contribution is 2.35. The van der Waals surface area contributed by atoms with E-state index in [1.54, 1.807) is 23.2 Å². The first-order valence-corrected chi connectivity index (χ1v) is 9.59. The zero-order valence-corrected chi connectivity index (χ0v) is 15.6. The molecule has 132 valence electrons. The van der Waals surface area contributed by atoms with Crippen LogP contribution in [0.2, 0.25) is 0 Å². The molecule has 4 nitrogen and oxygen atoms in total. The fourth-order valence-corrected chi connectivity index (χ4v) is 4.25. The maximum atomic E-state index is 12.7. The number of amides is 2. The summed E-state index contributed by atoms with van der Waals surface area (Å²) in [6.07, 6.45) is 1.37. The third-order valence-corrected chi connectivity index (χ3v) is 5.84. The first-order chi connectivity index (χ1) is 12.0. The molecule has 1 saturated heterocycles. The second-order valence-electron chi connectivity index (χ2n) is 6.68. The van der Waals surface area contributed by atoms with Gasteiger partial charge in [0.15, 0.2) is 0 Å². The number of likely N-dealkylation sites (tertiary alicyclic amines) is 1. The molecule has 0 aliphatic carbocycles. The average Bonchev–Trinajstić information content (AvgIpc) is 3.26. The smallest absolute Gasteiger partial charge is 0.228 e. The Hall–Kier alpha value is -2.14. The highest BCUT2D eigenvalue weighted by Gasteiger charge is 2.45. The van der Waals surface area contributed by atoms with Gasteiger partial charge in [-0.15, -0.1) is 11.3 Å². The fourth-order valence-electron chi connectivity index (χ4n) is 3.52. The van der Waals surface area contributed by atoms with Gasteiger partial charge < -0.3 is 10.2 Å². The molecule has 5 heteroatoms. The maximum Gasteiger partial charge on any atom is 0.228 e. The van der Waals surface area contributed by atoms with Crippen LogP contribution in [0.25, 0.3) is 10.4 Å². The van der Waals surface area contributed by atoms with Gasteiger partial charge >= 0.3 is 0 Å². The van der Waals surface area contributed by atoms with Crippen molar-refractivity contribution in [2.24, 2.45) is 5.41 Å². The summed E-state index contributed by atoms with van der Waals surface area (Å²) in [5, 5.41) is 5.04. The third kappa shape index (κ3) is 3.76. The van der Waals surface area contributed by atoms with Gasteiger partial charge in [0, 0.05) is 31.4 Å². The minimum Gasteiger partial charge on any atom is -0.356 e. The van der Waals surface area contributed by atoms with E-state index in [2.05, 4.69) is 41.0 Å². The molecule has 0 spiro atoms. The van der Waals surface area contributed by atoms with Crippen LogP contribution in [0.4, 0.5) is 0 Å². The first-order valence-electron chi connectivity index (χ1n) is 8.71. The van der Waals surface area contributed by atoms with Crippen LogP contribution in [-0.4, -0.2) is 36.3 Å². The number of nitrogens with one attached hydrogen (secondary N) is 1. The Labute approximate surface area is 152 Å².